The van der Waals surface area contributed by atoms with Gasteiger partial charge in [-0.3, -0.25) is 4.79 Å². The van der Waals surface area contributed by atoms with Crippen LogP contribution in [0.15, 0.2) is 58.3 Å². The minimum Gasteiger partial charge on any atom is -0.293 e. The number of Topliss-reactive ketones (excluding diaryl/α,β-unsaturated/α-hetero) is 1. The molecule has 2 rings (SSSR count). The number of hydrogen-bond acceptors (Lipinski definition) is 3. The van der Waals surface area contributed by atoms with E-state index in [1.165, 1.54) is 16.7 Å². The van der Waals surface area contributed by atoms with E-state index < -0.39 is 0 Å². The number of ketones is 1. The van der Waals surface area contributed by atoms with Crippen LogP contribution in [0.5, 0.6) is 0 Å². The number of benzene rings is 2. The fourth-order valence-electron chi connectivity index (χ4n) is 1.57. The summed E-state index contributed by atoms with van der Waals surface area (Å²) in [7, 11) is 0. The maximum atomic E-state index is 12.0. The Morgan fingerprint density at radius 2 is 1.84 bits per heavy atom. The Balaban J connectivity index is 1.97. The van der Waals surface area contributed by atoms with E-state index in [2.05, 4.69) is 0 Å². The number of halogens is 1. The Kier molecular flexibility index (Phi) is 5.37. The standard InChI is InChI=1S/C15H13ClOS2/c1-18-13-7-5-11(6-8-13)15(17)10-19-14-4-2-3-12(16)9-14/h2-9H,10H2,1H3. The zero-order valence-corrected chi connectivity index (χ0v) is 12.8. The molecule has 0 amide bonds. The zero-order valence-electron chi connectivity index (χ0n) is 10.4. The maximum absolute atomic E-state index is 12.0. The van der Waals surface area contributed by atoms with Crippen molar-refractivity contribution in [3.8, 4) is 0 Å². The quantitative estimate of drug-likeness (QED) is 0.569. The van der Waals surface area contributed by atoms with Crippen LogP contribution in [-0.2, 0) is 0 Å². The van der Waals surface area contributed by atoms with E-state index in [0.717, 1.165) is 10.5 Å². The monoisotopic (exact) mass is 308 g/mol. The van der Waals surface area contributed by atoms with Crippen molar-refractivity contribution in [2.24, 2.45) is 0 Å². The van der Waals surface area contributed by atoms with Gasteiger partial charge in [-0.1, -0.05) is 29.8 Å². The van der Waals surface area contributed by atoms with Gasteiger partial charge in [-0.15, -0.1) is 23.5 Å². The molecule has 2 aromatic rings. The average Bonchev–Trinajstić information content (AvgIpc) is 2.45. The molecular formula is C15H13ClOS2. The van der Waals surface area contributed by atoms with Crippen LogP contribution in [0, 0.1) is 0 Å². The molecule has 19 heavy (non-hydrogen) atoms. The molecule has 0 unspecified atom stereocenters. The Morgan fingerprint density at radius 3 is 2.47 bits per heavy atom. The second kappa shape index (κ2) is 7.04. The third kappa shape index (κ3) is 4.30. The van der Waals surface area contributed by atoms with E-state index in [1.807, 2.05) is 54.8 Å². The molecule has 0 aliphatic rings. The predicted octanol–water partition coefficient (Wildman–Crippen LogP) is 5.04. The van der Waals surface area contributed by atoms with Crippen molar-refractivity contribution >= 4 is 40.9 Å². The van der Waals surface area contributed by atoms with Gasteiger partial charge in [0, 0.05) is 20.4 Å². The molecule has 0 aromatic heterocycles. The molecule has 2 aromatic carbocycles. The molecule has 0 bridgehead atoms. The predicted molar refractivity (Wildman–Crippen MR) is 84.7 cm³/mol. The highest BCUT2D eigenvalue weighted by molar-refractivity contribution is 8.00. The Morgan fingerprint density at radius 1 is 1.11 bits per heavy atom. The van der Waals surface area contributed by atoms with E-state index in [9.17, 15) is 4.79 Å². The molecule has 0 aliphatic carbocycles. The van der Waals surface area contributed by atoms with Gasteiger partial charge in [-0.05, 0) is 36.6 Å². The lowest BCUT2D eigenvalue weighted by Gasteiger charge is -2.03. The first-order valence-corrected chi connectivity index (χ1v) is 8.33. The van der Waals surface area contributed by atoms with Crippen molar-refractivity contribution in [2.75, 3.05) is 12.0 Å². The number of carbonyl (C=O) groups is 1. The molecule has 1 nitrogen and oxygen atoms in total. The fraction of sp³-hybridized carbons (Fsp3) is 0.133. The first-order chi connectivity index (χ1) is 9.19. The van der Waals surface area contributed by atoms with Crippen LogP contribution in [0.4, 0.5) is 0 Å². The van der Waals surface area contributed by atoms with E-state index >= 15 is 0 Å². The summed E-state index contributed by atoms with van der Waals surface area (Å²) >= 11 is 9.09. The molecule has 0 saturated heterocycles. The molecule has 0 aliphatic heterocycles. The molecule has 0 fully saturated rings. The Hall–Kier alpha value is -0.900. The minimum absolute atomic E-state index is 0.137. The Labute approximate surface area is 126 Å². The highest BCUT2D eigenvalue weighted by atomic mass is 35.5. The van der Waals surface area contributed by atoms with Gasteiger partial charge in [0.15, 0.2) is 5.78 Å². The first-order valence-electron chi connectivity index (χ1n) is 5.74. The topological polar surface area (TPSA) is 17.1 Å². The lowest BCUT2D eigenvalue weighted by Crippen LogP contribution is -2.01. The van der Waals surface area contributed by atoms with Gasteiger partial charge in [0.25, 0.3) is 0 Å². The van der Waals surface area contributed by atoms with Crippen LogP contribution >= 0.6 is 35.1 Å². The maximum Gasteiger partial charge on any atom is 0.173 e. The van der Waals surface area contributed by atoms with E-state index in [0.29, 0.717) is 10.8 Å². The summed E-state index contributed by atoms with van der Waals surface area (Å²) in [6, 6.07) is 15.3. The van der Waals surface area contributed by atoms with E-state index in [1.54, 1.807) is 11.8 Å². The van der Waals surface area contributed by atoms with Gasteiger partial charge in [0.2, 0.25) is 0 Å². The van der Waals surface area contributed by atoms with Gasteiger partial charge >= 0.3 is 0 Å². The first kappa shape index (κ1) is 14.5. The molecule has 0 N–H and O–H groups in total. The molecule has 4 heteroatoms. The van der Waals surface area contributed by atoms with Crippen LogP contribution < -0.4 is 0 Å². The molecule has 0 spiro atoms. The molecule has 0 saturated carbocycles. The minimum atomic E-state index is 0.137. The third-order valence-corrected chi connectivity index (χ3v) is 4.55. The molecule has 0 heterocycles. The van der Waals surface area contributed by atoms with Crippen LogP contribution in [0.3, 0.4) is 0 Å². The summed E-state index contributed by atoms with van der Waals surface area (Å²) < 4.78 is 0. The summed E-state index contributed by atoms with van der Waals surface area (Å²) in [5.74, 6) is 0.566. The van der Waals surface area contributed by atoms with Crippen LogP contribution in [0.1, 0.15) is 10.4 Å². The van der Waals surface area contributed by atoms with Crippen molar-refractivity contribution in [1.82, 2.24) is 0 Å². The number of carbonyl (C=O) groups excluding carboxylic acids is 1. The van der Waals surface area contributed by atoms with Gasteiger partial charge in [-0.25, -0.2) is 0 Å². The molecule has 0 radical (unpaired) electrons. The number of thioether (sulfide) groups is 2. The summed E-state index contributed by atoms with van der Waals surface area (Å²) in [6.07, 6.45) is 2.02. The van der Waals surface area contributed by atoms with Gasteiger partial charge in [0.1, 0.15) is 0 Å². The van der Waals surface area contributed by atoms with E-state index in [-0.39, 0.29) is 5.78 Å². The van der Waals surface area contributed by atoms with Gasteiger partial charge in [-0.2, -0.15) is 0 Å². The second-order valence-corrected chi connectivity index (χ2v) is 6.26. The van der Waals surface area contributed by atoms with Crippen molar-refractivity contribution in [1.29, 1.82) is 0 Å². The number of rotatable bonds is 5. The zero-order chi connectivity index (χ0) is 13.7. The second-order valence-electron chi connectivity index (χ2n) is 3.90. The summed E-state index contributed by atoms with van der Waals surface area (Å²) in [5, 5.41) is 0.696. The molecule has 0 atom stereocenters. The van der Waals surface area contributed by atoms with Gasteiger partial charge < -0.3 is 0 Å². The van der Waals surface area contributed by atoms with Crippen molar-refractivity contribution < 1.29 is 4.79 Å². The van der Waals surface area contributed by atoms with E-state index in [4.69, 9.17) is 11.6 Å². The van der Waals surface area contributed by atoms with Crippen molar-refractivity contribution in [3.05, 3.63) is 59.1 Å². The highest BCUT2D eigenvalue weighted by Crippen LogP contribution is 2.23. The Bertz CT molecular complexity index is 567. The number of hydrogen-bond donors (Lipinski definition) is 0. The van der Waals surface area contributed by atoms with Crippen molar-refractivity contribution in [2.45, 2.75) is 9.79 Å². The fourth-order valence-corrected chi connectivity index (χ4v) is 3.08. The molecular weight excluding hydrogens is 296 g/mol. The SMILES string of the molecule is CSc1ccc(C(=O)CSc2cccc(Cl)c2)cc1. The van der Waals surface area contributed by atoms with Crippen molar-refractivity contribution in [3.63, 3.8) is 0 Å². The lowest BCUT2D eigenvalue weighted by molar-refractivity contribution is 0.102. The van der Waals surface area contributed by atoms with Crippen LogP contribution in [0.2, 0.25) is 5.02 Å². The molecule has 98 valence electrons. The third-order valence-electron chi connectivity index (χ3n) is 2.58. The summed E-state index contributed by atoms with van der Waals surface area (Å²) in [6.45, 7) is 0. The normalized spacial score (nSPS) is 10.4. The lowest BCUT2D eigenvalue weighted by atomic mass is 10.1. The highest BCUT2D eigenvalue weighted by Gasteiger charge is 2.06. The average molecular weight is 309 g/mol. The van der Waals surface area contributed by atoms with Crippen LogP contribution in [-0.4, -0.2) is 17.8 Å². The van der Waals surface area contributed by atoms with Gasteiger partial charge in [0.05, 0.1) is 5.75 Å². The summed E-state index contributed by atoms with van der Waals surface area (Å²) in [5.41, 5.74) is 0.757. The summed E-state index contributed by atoms with van der Waals surface area (Å²) in [4.78, 5) is 14.2. The smallest absolute Gasteiger partial charge is 0.173 e. The largest absolute Gasteiger partial charge is 0.293 e. The van der Waals surface area contributed by atoms with Crippen LogP contribution in [0.25, 0.3) is 0 Å².